The molecule has 0 radical (unpaired) electrons. The summed E-state index contributed by atoms with van der Waals surface area (Å²) in [6, 6.07) is 0. The largest absolute Gasteiger partial charge is 0.481 e. The van der Waals surface area contributed by atoms with Gasteiger partial charge in [0.1, 0.15) is 0 Å². The smallest absolute Gasteiger partial charge is 0.306 e. The Morgan fingerprint density at radius 2 is 2.24 bits per heavy atom. The predicted molar refractivity (Wildman–Crippen MR) is 64.6 cm³/mol. The summed E-state index contributed by atoms with van der Waals surface area (Å²) >= 11 is 0. The van der Waals surface area contributed by atoms with Crippen LogP contribution in [0.25, 0.3) is 0 Å². The van der Waals surface area contributed by atoms with E-state index in [4.69, 9.17) is 0 Å². The van der Waals surface area contributed by atoms with E-state index < -0.39 is 5.97 Å². The van der Waals surface area contributed by atoms with Crippen LogP contribution in [0, 0.1) is 11.8 Å². The minimum absolute atomic E-state index is 0.169. The second-order valence-electron chi connectivity index (χ2n) is 5.07. The molecule has 1 heterocycles. The minimum Gasteiger partial charge on any atom is -0.481 e. The van der Waals surface area contributed by atoms with Crippen LogP contribution in [0.3, 0.4) is 0 Å². The van der Waals surface area contributed by atoms with Crippen molar-refractivity contribution < 1.29 is 9.90 Å². The topological polar surface area (TPSA) is 55.1 Å². The lowest BCUT2D eigenvalue weighted by Crippen LogP contribution is -2.24. The third-order valence-electron chi connectivity index (χ3n) is 3.73. The Kier molecular flexibility index (Phi) is 3.82. The fourth-order valence-electron chi connectivity index (χ4n) is 2.83. The second-order valence-corrected chi connectivity index (χ2v) is 5.07. The first-order chi connectivity index (χ1) is 8.16. The van der Waals surface area contributed by atoms with E-state index in [0.717, 1.165) is 37.7 Å². The summed E-state index contributed by atoms with van der Waals surface area (Å²) < 4.78 is 1.78. The lowest BCUT2D eigenvalue weighted by atomic mass is 9.84. The number of aromatic nitrogens is 2. The summed E-state index contributed by atoms with van der Waals surface area (Å²) in [5.74, 6) is -0.516. The van der Waals surface area contributed by atoms with Crippen molar-refractivity contribution >= 4 is 5.97 Å². The molecule has 2 rings (SSSR count). The molecule has 17 heavy (non-hydrogen) atoms. The molecule has 1 aromatic rings. The molecule has 0 saturated heterocycles. The average Bonchev–Trinajstić information content (AvgIpc) is 2.55. The fourth-order valence-corrected chi connectivity index (χ4v) is 2.83. The van der Waals surface area contributed by atoms with Crippen LogP contribution in [-0.4, -0.2) is 20.9 Å². The van der Waals surface area contributed by atoms with Gasteiger partial charge in [-0.25, -0.2) is 0 Å². The van der Waals surface area contributed by atoms with Gasteiger partial charge in [-0.1, -0.05) is 19.3 Å². The Hall–Kier alpha value is -1.32. The molecule has 4 heteroatoms. The van der Waals surface area contributed by atoms with Crippen LogP contribution in [0.4, 0.5) is 0 Å². The minimum atomic E-state index is -0.624. The van der Waals surface area contributed by atoms with Crippen molar-refractivity contribution in [3.8, 4) is 0 Å². The van der Waals surface area contributed by atoms with Crippen molar-refractivity contribution in [2.24, 2.45) is 18.9 Å². The molecule has 4 nitrogen and oxygen atoms in total. The van der Waals surface area contributed by atoms with Crippen molar-refractivity contribution in [2.75, 3.05) is 0 Å². The zero-order valence-electron chi connectivity index (χ0n) is 10.3. The van der Waals surface area contributed by atoms with Gasteiger partial charge in [-0.3, -0.25) is 9.48 Å². The molecule has 0 aliphatic heterocycles. The number of rotatable bonds is 3. The lowest BCUT2D eigenvalue weighted by molar-refractivity contribution is -0.143. The Labute approximate surface area is 102 Å². The van der Waals surface area contributed by atoms with Crippen LogP contribution in [0.15, 0.2) is 12.4 Å². The first kappa shape index (κ1) is 12.1. The number of nitrogens with zero attached hydrogens (tertiary/aromatic N) is 2. The molecular weight excluding hydrogens is 216 g/mol. The third kappa shape index (κ3) is 3.08. The number of hydrogen-bond donors (Lipinski definition) is 1. The van der Waals surface area contributed by atoms with Crippen LogP contribution >= 0.6 is 0 Å². The molecule has 0 spiro atoms. The second kappa shape index (κ2) is 5.34. The summed E-state index contributed by atoms with van der Waals surface area (Å²) in [6.45, 7) is 0. The highest BCUT2D eigenvalue weighted by Crippen LogP contribution is 2.31. The zero-order valence-corrected chi connectivity index (χ0v) is 10.3. The lowest BCUT2D eigenvalue weighted by Gasteiger charge is -2.20. The van der Waals surface area contributed by atoms with Crippen LogP contribution in [0.2, 0.25) is 0 Å². The Balaban J connectivity index is 2.07. The van der Waals surface area contributed by atoms with Crippen molar-refractivity contribution in [3.05, 3.63) is 18.0 Å². The van der Waals surface area contributed by atoms with E-state index in [-0.39, 0.29) is 11.8 Å². The summed E-state index contributed by atoms with van der Waals surface area (Å²) in [6.07, 6.45) is 9.95. The Morgan fingerprint density at radius 3 is 2.88 bits per heavy atom. The first-order valence-electron chi connectivity index (χ1n) is 6.37. The molecule has 1 fully saturated rings. The highest BCUT2D eigenvalue weighted by molar-refractivity contribution is 5.70. The van der Waals surface area contributed by atoms with E-state index in [0.29, 0.717) is 0 Å². The molecule has 1 N–H and O–H groups in total. The average molecular weight is 236 g/mol. The van der Waals surface area contributed by atoms with Gasteiger partial charge in [-0.05, 0) is 30.7 Å². The van der Waals surface area contributed by atoms with Gasteiger partial charge < -0.3 is 5.11 Å². The van der Waals surface area contributed by atoms with Crippen LogP contribution in [0.5, 0.6) is 0 Å². The van der Waals surface area contributed by atoms with E-state index in [9.17, 15) is 9.90 Å². The maximum absolute atomic E-state index is 11.3. The van der Waals surface area contributed by atoms with Gasteiger partial charge in [-0.15, -0.1) is 0 Å². The maximum Gasteiger partial charge on any atom is 0.306 e. The SMILES string of the molecule is Cn1cc(CC2CCCCCC2C(=O)O)cn1. The maximum atomic E-state index is 11.3. The quantitative estimate of drug-likeness (QED) is 0.819. The Morgan fingerprint density at radius 1 is 1.47 bits per heavy atom. The van der Waals surface area contributed by atoms with E-state index in [1.54, 1.807) is 4.68 Å². The van der Waals surface area contributed by atoms with E-state index in [2.05, 4.69) is 5.10 Å². The van der Waals surface area contributed by atoms with Crippen LogP contribution in [-0.2, 0) is 18.3 Å². The van der Waals surface area contributed by atoms with Crippen molar-refractivity contribution in [1.82, 2.24) is 9.78 Å². The van der Waals surface area contributed by atoms with Gasteiger partial charge in [-0.2, -0.15) is 5.10 Å². The van der Waals surface area contributed by atoms with E-state index in [1.807, 2.05) is 19.4 Å². The van der Waals surface area contributed by atoms with Crippen molar-refractivity contribution in [1.29, 1.82) is 0 Å². The summed E-state index contributed by atoms with van der Waals surface area (Å²) in [4.78, 5) is 11.3. The summed E-state index contributed by atoms with van der Waals surface area (Å²) in [5, 5.41) is 13.4. The van der Waals surface area contributed by atoms with Crippen LogP contribution in [0.1, 0.15) is 37.7 Å². The molecular formula is C13H20N2O2. The number of carboxylic acid groups (broad SMARTS) is 1. The van der Waals surface area contributed by atoms with E-state index >= 15 is 0 Å². The summed E-state index contributed by atoms with van der Waals surface area (Å²) in [5.41, 5.74) is 1.16. The first-order valence-corrected chi connectivity index (χ1v) is 6.37. The number of aryl methyl sites for hydroxylation is 1. The number of carboxylic acids is 1. The van der Waals surface area contributed by atoms with Gasteiger partial charge >= 0.3 is 5.97 Å². The monoisotopic (exact) mass is 236 g/mol. The zero-order chi connectivity index (χ0) is 12.3. The molecule has 0 bridgehead atoms. The van der Waals surface area contributed by atoms with Gasteiger partial charge in [0, 0.05) is 13.2 Å². The van der Waals surface area contributed by atoms with Crippen molar-refractivity contribution in [3.63, 3.8) is 0 Å². The summed E-state index contributed by atoms with van der Waals surface area (Å²) in [7, 11) is 1.89. The van der Waals surface area contributed by atoms with Gasteiger partial charge in [0.2, 0.25) is 0 Å². The third-order valence-corrected chi connectivity index (χ3v) is 3.73. The Bertz CT molecular complexity index is 387. The molecule has 0 amide bonds. The molecule has 1 aliphatic carbocycles. The molecule has 0 aromatic carbocycles. The van der Waals surface area contributed by atoms with Gasteiger partial charge in [0.15, 0.2) is 0 Å². The normalized spacial score (nSPS) is 25.5. The number of carbonyl (C=O) groups is 1. The van der Waals surface area contributed by atoms with Gasteiger partial charge in [0.25, 0.3) is 0 Å². The number of hydrogen-bond acceptors (Lipinski definition) is 2. The number of aliphatic carboxylic acids is 1. The van der Waals surface area contributed by atoms with Gasteiger partial charge in [0.05, 0.1) is 12.1 Å². The highest BCUT2D eigenvalue weighted by atomic mass is 16.4. The van der Waals surface area contributed by atoms with E-state index in [1.165, 1.54) is 6.42 Å². The van der Waals surface area contributed by atoms with Crippen LogP contribution < -0.4 is 0 Å². The predicted octanol–water partition coefficient (Wildman–Crippen LogP) is 2.24. The molecule has 94 valence electrons. The molecule has 1 aliphatic rings. The fraction of sp³-hybridized carbons (Fsp3) is 0.692. The molecule has 2 unspecified atom stereocenters. The standard InChI is InChI=1S/C13H20N2O2/c1-15-9-10(8-14-15)7-11-5-3-2-4-6-12(11)13(16)17/h8-9,11-12H,2-7H2,1H3,(H,16,17). The molecule has 2 atom stereocenters. The molecule has 1 saturated carbocycles. The highest BCUT2D eigenvalue weighted by Gasteiger charge is 2.29. The van der Waals surface area contributed by atoms with Crippen molar-refractivity contribution in [2.45, 2.75) is 38.5 Å². The molecule has 1 aromatic heterocycles.